The van der Waals surface area contributed by atoms with Crippen molar-refractivity contribution in [3.05, 3.63) is 20.8 Å². The molecular weight excluding hydrogens is 447 g/mol. The van der Waals surface area contributed by atoms with Crippen LogP contribution in [0.2, 0.25) is 0 Å². The summed E-state index contributed by atoms with van der Waals surface area (Å²) in [6, 6.07) is 2.00. The molecule has 0 aliphatic carbocycles. The van der Waals surface area contributed by atoms with Gasteiger partial charge >= 0.3 is 6.09 Å². The lowest BCUT2D eigenvalue weighted by molar-refractivity contribution is -0.119. The minimum atomic E-state index is -0.526. The summed E-state index contributed by atoms with van der Waals surface area (Å²) >= 11 is 2.26. The van der Waals surface area contributed by atoms with Crippen LogP contribution < -0.4 is 9.64 Å². The number of anilines is 1. The van der Waals surface area contributed by atoms with Gasteiger partial charge in [-0.15, -0.1) is 0 Å². The predicted octanol–water partition coefficient (Wildman–Crippen LogP) is 4.07. The second-order valence-corrected chi connectivity index (χ2v) is 8.80. The van der Waals surface area contributed by atoms with E-state index in [1.54, 1.807) is 12.0 Å². The van der Waals surface area contributed by atoms with E-state index in [1.165, 1.54) is 0 Å². The molecule has 2 aliphatic heterocycles. The lowest BCUT2D eigenvalue weighted by Crippen LogP contribution is -2.35. The van der Waals surface area contributed by atoms with Crippen LogP contribution in [0.3, 0.4) is 0 Å². The maximum absolute atomic E-state index is 12.4. The largest absolute Gasteiger partial charge is 0.493 e. The van der Waals surface area contributed by atoms with Gasteiger partial charge in [0.2, 0.25) is 5.91 Å². The molecule has 3 rings (SSSR count). The van der Waals surface area contributed by atoms with Crippen molar-refractivity contribution in [2.45, 2.75) is 58.7 Å². The molecule has 142 valence electrons. The standard InChI is InChI=1S/C19H25IN2O4/c1-19(2,3)26-18(24)21-10-12-9-14(22-8-6-5-7-15(22)23)17(25-4)16(20)13(12)11-21/h9H,5-8,10-11H2,1-4H3. The van der Waals surface area contributed by atoms with Gasteiger partial charge in [0.05, 0.1) is 22.9 Å². The second-order valence-electron chi connectivity index (χ2n) is 7.72. The Labute approximate surface area is 167 Å². The van der Waals surface area contributed by atoms with Gasteiger partial charge < -0.3 is 14.4 Å². The van der Waals surface area contributed by atoms with Crippen LogP contribution in [0.25, 0.3) is 0 Å². The highest BCUT2D eigenvalue weighted by molar-refractivity contribution is 14.1. The van der Waals surface area contributed by atoms with Gasteiger partial charge in [0.15, 0.2) is 5.75 Å². The minimum Gasteiger partial charge on any atom is -0.493 e. The number of benzene rings is 1. The quantitative estimate of drug-likeness (QED) is 0.610. The summed E-state index contributed by atoms with van der Waals surface area (Å²) in [4.78, 5) is 28.3. The van der Waals surface area contributed by atoms with Crippen LogP contribution in [0.5, 0.6) is 5.75 Å². The third kappa shape index (κ3) is 3.77. The Morgan fingerprint density at radius 2 is 1.96 bits per heavy atom. The van der Waals surface area contributed by atoms with E-state index < -0.39 is 5.60 Å². The molecule has 26 heavy (non-hydrogen) atoms. The second kappa shape index (κ2) is 7.25. The first-order chi connectivity index (χ1) is 12.2. The van der Waals surface area contributed by atoms with E-state index in [9.17, 15) is 9.59 Å². The smallest absolute Gasteiger partial charge is 0.410 e. The number of nitrogens with zero attached hydrogens (tertiary/aromatic N) is 2. The highest BCUT2D eigenvalue weighted by Gasteiger charge is 2.33. The summed E-state index contributed by atoms with van der Waals surface area (Å²) in [6.07, 6.45) is 2.18. The SMILES string of the molecule is COc1c(N2CCCCC2=O)cc2c(c1I)CN(C(=O)OC(C)(C)C)C2. The number of hydrogen-bond donors (Lipinski definition) is 0. The van der Waals surface area contributed by atoms with Gasteiger partial charge in [-0.3, -0.25) is 9.69 Å². The van der Waals surface area contributed by atoms with Crippen molar-refractivity contribution in [2.75, 3.05) is 18.6 Å². The van der Waals surface area contributed by atoms with Gasteiger partial charge in [0.1, 0.15) is 5.60 Å². The molecule has 0 radical (unpaired) electrons. The molecule has 2 aliphatic rings. The first kappa shape index (κ1) is 19.3. The molecule has 2 amide bonds. The molecule has 0 bridgehead atoms. The van der Waals surface area contributed by atoms with E-state index in [4.69, 9.17) is 9.47 Å². The molecule has 6 nitrogen and oxygen atoms in total. The topological polar surface area (TPSA) is 59.1 Å². The molecule has 1 aromatic rings. The number of piperidine rings is 1. The van der Waals surface area contributed by atoms with Crippen LogP contribution in [-0.2, 0) is 22.6 Å². The molecule has 0 aromatic heterocycles. The zero-order chi connectivity index (χ0) is 19.1. The van der Waals surface area contributed by atoms with Crippen LogP contribution in [0.1, 0.15) is 51.2 Å². The highest BCUT2D eigenvalue weighted by Crippen LogP contribution is 2.42. The Morgan fingerprint density at radius 3 is 2.58 bits per heavy atom. The molecule has 0 saturated carbocycles. The summed E-state index contributed by atoms with van der Waals surface area (Å²) in [7, 11) is 1.63. The van der Waals surface area contributed by atoms with Crippen molar-refractivity contribution in [3.8, 4) is 5.75 Å². The van der Waals surface area contributed by atoms with Crippen LogP contribution in [0.4, 0.5) is 10.5 Å². The number of halogens is 1. The van der Waals surface area contributed by atoms with E-state index in [0.717, 1.165) is 33.2 Å². The van der Waals surface area contributed by atoms with Gasteiger partial charge in [-0.25, -0.2) is 4.79 Å². The third-order valence-corrected chi connectivity index (χ3v) is 5.72. The number of rotatable bonds is 2. The van der Waals surface area contributed by atoms with E-state index in [-0.39, 0.29) is 12.0 Å². The van der Waals surface area contributed by atoms with Crippen molar-refractivity contribution in [1.29, 1.82) is 0 Å². The van der Waals surface area contributed by atoms with E-state index in [0.29, 0.717) is 31.8 Å². The van der Waals surface area contributed by atoms with Crippen molar-refractivity contribution < 1.29 is 19.1 Å². The number of amides is 2. The highest BCUT2D eigenvalue weighted by atomic mass is 127. The Morgan fingerprint density at radius 1 is 1.23 bits per heavy atom. The number of carbonyl (C=O) groups excluding carboxylic acids is 2. The fourth-order valence-electron chi connectivity index (χ4n) is 3.38. The fourth-order valence-corrected chi connectivity index (χ4v) is 4.40. The van der Waals surface area contributed by atoms with Gasteiger partial charge in [0.25, 0.3) is 0 Å². The first-order valence-corrected chi connectivity index (χ1v) is 9.95. The normalized spacial score (nSPS) is 17.3. The van der Waals surface area contributed by atoms with E-state index in [1.807, 2.05) is 31.7 Å². The molecule has 0 spiro atoms. The van der Waals surface area contributed by atoms with Crippen LogP contribution >= 0.6 is 22.6 Å². The third-order valence-electron chi connectivity index (χ3n) is 4.58. The van der Waals surface area contributed by atoms with Crippen LogP contribution in [0, 0.1) is 3.57 Å². The molecule has 7 heteroatoms. The zero-order valence-corrected chi connectivity index (χ0v) is 17.9. The summed E-state index contributed by atoms with van der Waals surface area (Å²) in [5, 5.41) is 0. The Balaban J connectivity index is 1.92. The van der Waals surface area contributed by atoms with Crippen molar-refractivity contribution >= 4 is 40.3 Å². The number of ether oxygens (including phenoxy) is 2. The van der Waals surface area contributed by atoms with Crippen molar-refractivity contribution in [2.24, 2.45) is 0 Å². The number of fused-ring (bicyclic) bond motifs is 1. The average molecular weight is 472 g/mol. The van der Waals surface area contributed by atoms with Crippen LogP contribution in [-0.4, -0.2) is 36.2 Å². The minimum absolute atomic E-state index is 0.132. The lowest BCUT2D eigenvalue weighted by Gasteiger charge is -2.29. The molecule has 1 saturated heterocycles. The molecule has 2 heterocycles. The van der Waals surface area contributed by atoms with Gasteiger partial charge in [-0.05, 0) is 73.4 Å². The monoisotopic (exact) mass is 472 g/mol. The van der Waals surface area contributed by atoms with Crippen LogP contribution in [0.15, 0.2) is 6.07 Å². The Kier molecular flexibility index (Phi) is 5.37. The summed E-state index contributed by atoms with van der Waals surface area (Å²) < 4.78 is 12.1. The van der Waals surface area contributed by atoms with Gasteiger partial charge in [0, 0.05) is 19.5 Å². The van der Waals surface area contributed by atoms with Crippen molar-refractivity contribution in [1.82, 2.24) is 4.90 Å². The average Bonchev–Trinajstić information content (AvgIpc) is 2.98. The molecule has 0 atom stereocenters. The van der Waals surface area contributed by atoms with Crippen molar-refractivity contribution in [3.63, 3.8) is 0 Å². The predicted molar refractivity (Wildman–Crippen MR) is 107 cm³/mol. The fraction of sp³-hybridized carbons (Fsp3) is 0.579. The molecule has 0 unspecified atom stereocenters. The molecule has 0 N–H and O–H groups in total. The summed E-state index contributed by atoms with van der Waals surface area (Å²) in [5.74, 6) is 0.845. The zero-order valence-electron chi connectivity index (χ0n) is 15.7. The molecule has 1 aromatic carbocycles. The van der Waals surface area contributed by atoms with E-state index >= 15 is 0 Å². The number of methoxy groups -OCH3 is 1. The Hall–Kier alpha value is -1.51. The first-order valence-electron chi connectivity index (χ1n) is 8.88. The summed E-state index contributed by atoms with van der Waals surface area (Å²) in [5.41, 5.74) is 2.41. The maximum Gasteiger partial charge on any atom is 0.410 e. The molecular formula is C19H25IN2O4. The van der Waals surface area contributed by atoms with E-state index in [2.05, 4.69) is 22.6 Å². The maximum atomic E-state index is 12.4. The molecule has 1 fully saturated rings. The van der Waals surface area contributed by atoms with Gasteiger partial charge in [-0.2, -0.15) is 0 Å². The number of carbonyl (C=O) groups is 2. The summed E-state index contributed by atoms with van der Waals surface area (Å²) in [6.45, 7) is 7.27. The lowest BCUT2D eigenvalue weighted by atomic mass is 10.0. The van der Waals surface area contributed by atoms with Gasteiger partial charge in [-0.1, -0.05) is 0 Å². The Bertz CT molecular complexity index is 742. The number of hydrogen-bond acceptors (Lipinski definition) is 4.